The SMILES string of the molecule is O=C1CCNC(O)C1. The molecule has 1 rings (SSSR count). The monoisotopic (exact) mass is 115 g/mol. The second-order valence-corrected chi connectivity index (χ2v) is 1.96. The van der Waals surface area contributed by atoms with E-state index in [1.165, 1.54) is 0 Å². The number of aliphatic hydroxyl groups excluding tert-OH is 1. The molecule has 1 aliphatic heterocycles. The van der Waals surface area contributed by atoms with Crippen molar-refractivity contribution in [1.82, 2.24) is 5.32 Å². The van der Waals surface area contributed by atoms with Crippen LogP contribution in [0.15, 0.2) is 0 Å². The highest BCUT2D eigenvalue weighted by Gasteiger charge is 2.14. The summed E-state index contributed by atoms with van der Waals surface area (Å²) in [5, 5.41) is 11.5. The van der Waals surface area contributed by atoms with E-state index in [4.69, 9.17) is 5.11 Å². The number of aliphatic hydroxyl groups is 1. The van der Waals surface area contributed by atoms with Gasteiger partial charge >= 0.3 is 0 Å². The summed E-state index contributed by atoms with van der Waals surface area (Å²) in [5.74, 6) is 0.149. The van der Waals surface area contributed by atoms with Crippen LogP contribution in [-0.2, 0) is 4.79 Å². The Morgan fingerprint density at radius 1 is 1.75 bits per heavy atom. The summed E-state index contributed by atoms with van der Waals surface area (Å²) >= 11 is 0. The van der Waals surface area contributed by atoms with Crippen LogP contribution in [0.2, 0.25) is 0 Å². The first-order valence-electron chi connectivity index (χ1n) is 2.72. The van der Waals surface area contributed by atoms with E-state index >= 15 is 0 Å². The molecule has 1 unspecified atom stereocenters. The fraction of sp³-hybridized carbons (Fsp3) is 0.800. The Kier molecular flexibility index (Phi) is 1.60. The predicted molar refractivity (Wildman–Crippen MR) is 28.3 cm³/mol. The summed E-state index contributed by atoms with van der Waals surface area (Å²) in [6.45, 7) is 0.625. The third kappa shape index (κ3) is 1.28. The maximum atomic E-state index is 10.5. The van der Waals surface area contributed by atoms with Gasteiger partial charge in [0.15, 0.2) is 0 Å². The fourth-order valence-electron chi connectivity index (χ4n) is 0.768. The molecular weight excluding hydrogens is 106 g/mol. The Bertz CT molecular complexity index is 103. The second kappa shape index (κ2) is 2.24. The first-order valence-corrected chi connectivity index (χ1v) is 2.72. The number of hydrogen-bond acceptors (Lipinski definition) is 3. The molecule has 2 N–H and O–H groups in total. The van der Waals surface area contributed by atoms with Crippen molar-refractivity contribution < 1.29 is 9.90 Å². The Morgan fingerprint density at radius 3 is 2.88 bits per heavy atom. The van der Waals surface area contributed by atoms with Gasteiger partial charge in [-0.15, -0.1) is 0 Å². The van der Waals surface area contributed by atoms with Crippen LogP contribution in [0.4, 0.5) is 0 Å². The van der Waals surface area contributed by atoms with Crippen molar-refractivity contribution in [3.63, 3.8) is 0 Å². The average molecular weight is 115 g/mol. The van der Waals surface area contributed by atoms with E-state index in [1.54, 1.807) is 0 Å². The summed E-state index contributed by atoms with van der Waals surface area (Å²) in [5.41, 5.74) is 0. The molecule has 0 radical (unpaired) electrons. The lowest BCUT2D eigenvalue weighted by atomic mass is 10.1. The molecule has 0 amide bonds. The van der Waals surface area contributed by atoms with Gasteiger partial charge in [-0.25, -0.2) is 0 Å². The van der Waals surface area contributed by atoms with E-state index in [0.717, 1.165) is 0 Å². The van der Waals surface area contributed by atoms with Gasteiger partial charge in [-0.1, -0.05) is 0 Å². The smallest absolute Gasteiger partial charge is 0.138 e. The average Bonchev–Trinajstić information content (AvgIpc) is 1.64. The molecule has 1 atom stereocenters. The molecule has 0 aromatic rings. The lowest BCUT2D eigenvalue weighted by Crippen LogP contribution is -2.37. The zero-order valence-electron chi connectivity index (χ0n) is 4.55. The highest BCUT2D eigenvalue weighted by molar-refractivity contribution is 5.79. The number of Topliss-reactive ketones (excluding diaryl/α,β-unsaturated/α-hetero) is 1. The molecule has 0 aromatic carbocycles. The van der Waals surface area contributed by atoms with Gasteiger partial charge in [-0.3, -0.25) is 10.1 Å². The van der Waals surface area contributed by atoms with Crippen LogP contribution in [0.1, 0.15) is 12.8 Å². The Hall–Kier alpha value is -0.410. The zero-order chi connectivity index (χ0) is 5.98. The molecule has 8 heavy (non-hydrogen) atoms. The summed E-state index contributed by atoms with van der Waals surface area (Å²) in [6.07, 6.45) is 0.257. The minimum atomic E-state index is -0.587. The Morgan fingerprint density at radius 2 is 2.50 bits per heavy atom. The van der Waals surface area contributed by atoms with Crippen molar-refractivity contribution >= 4 is 5.78 Å². The van der Waals surface area contributed by atoms with Crippen molar-refractivity contribution in [2.75, 3.05) is 6.54 Å². The number of ketones is 1. The largest absolute Gasteiger partial charge is 0.378 e. The van der Waals surface area contributed by atoms with Gasteiger partial charge in [0, 0.05) is 19.4 Å². The van der Waals surface area contributed by atoms with E-state index in [1.807, 2.05) is 0 Å². The van der Waals surface area contributed by atoms with Crippen LogP contribution in [0.5, 0.6) is 0 Å². The van der Waals surface area contributed by atoms with Gasteiger partial charge in [-0.05, 0) is 0 Å². The molecule has 0 aliphatic carbocycles. The third-order valence-electron chi connectivity index (χ3n) is 1.20. The highest BCUT2D eigenvalue weighted by Crippen LogP contribution is 1.98. The summed E-state index contributed by atoms with van der Waals surface area (Å²) in [4.78, 5) is 10.5. The van der Waals surface area contributed by atoms with Gasteiger partial charge in [0.2, 0.25) is 0 Å². The standard InChI is InChI=1S/C5H9NO2/c7-4-1-2-6-5(8)3-4/h5-6,8H,1-3H2. The Balaban J connectivity index is 2.34. The maximum absolute atomic E-state index is 10.5. The normalized spacial score (nSPS) is 30.6. The van der Waals surface area contributed by atoms with Crippen LogP contribution in [0.3, 0.4) is 0 Å². The quantitative estimate of drug-likeness (QED) is 0.437. The van der Waals surface area contributed by atoms with Gasteiger partial charge in [0.25, 0.3) is 0 Å². The zero-order valence-corrected chi connectivity index (χ0v) is 4.55. The van der Waals surface area contributed by atoms with Gasteiger partial charge < -0.3 is 5.11 Å². The first kappa shape index (κ1) is 5.72. The number of nitrogens with one attached hydrogen (secondary N) is 1. The van der Waals surface area contributed by atoms with Crippen LogP contribution in [0, 0.1) is 0 Å². The van der Waals surface area contributed by atoms with Crippen molar-refractivity contribution in [2.24, 2.45) is 0 Å². The number of carbonyl (C=O) groups excluding carboxylic acids is 1. The maximum Gasteiger partial charge on any atom is 0.138 e. The van der Waals surface area contributed by atoms with E-state index in [9.17, 15) is 4.79 Å². The van der Waals surface area contributed by atoms with Crippen LogP contribution >= 0.6 is 0 Å². The molecule has 1 aliphatic rings. The molecule has 1 saturated heterocycles. The first-order chi connectivity index (χ1) is 3.79. The van der Waals surface area contributed by atoms with Crippen molar-refractivity contribution in [3.05, 3.63) is 0 Å². The van der Waals surface area contributed by atoms with Crippen molar-refractivity contribution in [1.29, 1.82) is 0 Å². The molecule has 0 bridgehead atoms. The molecule has 0 spiro atoms. The van der Waals surface area contributed by atoms with E-state index in [0.29, 0.717) is 13.0 Å². The third-order valence-corrected chi connectivity index (χ3v) is 1.20. The minimum Gasteiger partial charge on any atom is -0.378 e. The van der Waals surface area contributed by atoms with Crippen LogP contribution in [-0.4, -0.2) is 23.7 Å². The van der Waals surface area contributed by atoms with Crippen molar-refractivity contribution in [2.45, 2.75) is 19.1 Å². The van der Waals surface area contributed by atoms with Crippen LogP contribution < -0.4 is 5.32 Å². The summed E-state index contributed by atoms with van der Waals surface area (Å²) < 4.78 is 0. The second-order valence-electron chi connectivity index (χ2n) is 1.96. The number of rotatable bonds is 0. The van der Waals surface area contributed by atoms with Gasteiger partial charge in [0.1, 0.15) is 12.0 Å². The number of piperidine rings is 1. The fourth-order valence-corrected chi connectivity index (χ4v) is 0.768. The van der Waals surface area contributed by atoms with Gasteiger partial charge in [-0.2, -0.15) is 0 Å². The predicted octanol–water partition coefficient (Wildman–Crippen LogP) is -0.743. The van der Waals surface area contributed by atoms with Crippen molar-refractivity contribution in [3.8, 4) is 0 Å². The summed E-state index contributed by atoms with van der Waals surface area (Å²) in [7, 11) is 0. The van der Waals surface area contributed by atoms with E-state index in [2.05, 4.69) is 5.32 Å². The minimum absolute atomic E-state index is 0.149. The molecule has 46 valence electrons. The topological polar surface area (TPSA) is 49.3 Å². The summed E-state index contributed by atoms with van der Waals surface area (Å²) in [6, 6.07) is 0. The molecule has 0 saturated carbocycles. The Labute approximate surface area is 47.7 Å². The highest BCUT2D eigenvalue weighted by atomic mass is 16.3. The lowest BCUT2D eigenvalue weighted by Gasteiger charge is -2.16. The molecule has 3 heteroatoms. The van der Waals surface area contributed by atoms with E-state index < -0.39 is 6.23 Å². The molecule has 0 aromatic heterocycles. The molecule has 1 heterocycles. The molecule has 1 fully saturated rings. The molecular formula is C5H9NO2. The number of carbonyl (C=O) groups is 1. The number of hydrogen-bond donors (Lipinski definition) is 2. The lowest BCUT2D eigenvalue weighted by molar-refractivity contribution is -0.123. The van der Waals surface area contributed by atoms with Gasteiger partial charge in [0.05, 0.1) is 0 Å². The van der Waals surface area contributed by atoms with Crippen LogP contribution in [0.25, 0.3) is 0 Å². The molecule has 3 nitrogen and oxygen atoms in total. The van der Waals surface area contributed by atoms with E-state index in [-0.39, 0.29) is 12.2 Å².